The summed E-state index contributed by atoms with van der Waals surface area (Å²) in [5, 5.41) is 5.75. The summed E-state index contributed by atoms with van der Waals surface area (Å²) < 4.78 is 28.5. The fourth-order valence-electron chi connectivity index (χ4n) is 3.17. The third kappa shape index (κ3) is 3.08. The number of fused-ring (bicyclic) bond motifs is 3. The van der Waals surface area contributed by atoms with E-state index in [1.54, 1.807) is 13.3 Å². The second-order valence-corrected chi connectivity index (χ2v) is 8.27. The van der Waals surface area contributed by atoms with Gasteiger partial charge in [0.1, 0.15) is 28.6 Å². The Labute approximate surface area is 161 Å². The number of sulfonamides is 1. The molecule has 0 fully saturated rings. The third-order valence-corrected chi connectivity index (χ3v) is 5.58. The lowest BCUT2D eigenvalue weighted by atomic mass is 10.1. The highest BCUT2D eigenvalue weighted by Gasteiger charge is 2.36. The lowest BCUT2D eigenvalue weighted by Crippen LogP contribution is -2.56. The van der Waals surface area contributed by atoms with Crippen molar-refractivity contribution in [1.82, 2.24) is 9.88 Å². The molecule has 10 nitrogen and oxygen atoms in total. The number of quaternary nitrogens is 1. The molecule has 4 heterocycles. The van der Waals surface area contributed by atoms with Crippen molar-refractivity contribution < 1.29 is 22.8 Å². The molecule has 4 N–H and O–H groups in total. The van der Waals surface area contributed by atoms with Crippen LogP contribution in [0.5, 0.6) is 0 Å². The van der Waals surface area contributed by atoms with E-state index in [1.165, 1.54) is 12.1 Å². The van der Waals surface area contributed by atoms with Crippen molar-refractivity contribution in [3.8, 4) is 0 Å². The van der Waals surface area contributed by atoms with E-state index < -0.39 is 15.9 Å². The Morgan fingerprint density at radius 1 is 1.43 bits per heavy atom. The van der Waals surface area contributed by atoms with Crippen molar-refractivity contribution in [3.05, 3.63) is 35.2 Å². The number of carbonyl (C=O) groups is 1. The van der Waals surface area contributed by atoms with Gasteiger partial charge in [-0.25, -0.2) is 15.1 Å². The first-order valence-electron chi connectivity index (χ1n) is 8.65. The number of rotatable bonds is 4. The average Bonchev–Trinajstić information content (AvgIpc) is 3.20. The minimum Gasteiger partial charge on any atom is -0.442 e. The minimum atomic E-state index is -3.61. The zero-order valence-electron chi connectivity index (χ0n) is 15.3. The molecule has 1 atom stereocenters. The van der Waals surface area contributed by atoms with Crippen molar-refractivity contribution in [2.75, 3.05) is 11.9 Å². The summed E-state index contributed by atoms with van der Waals surface area (Å²) in [7, 11) is -3.61. The van der Waals surface area contributed by atoms with Crippen molar-refractivity contribution in [1.29, 1.82) is 0 Å². The van der Waals surface area contributed by atoms with E-state index in [1.807, 2.05) is 4.90 Å². The summed E-state index contributed by atoms with van der Waals surface area (Å²) in [4.78, 5) is 27.8. The van der Waals surface area contributed by atoms with Crippen LogP contribution >= 0.6 is 0 Å². The molecule has 0 radical (unpaired) electrons. The summed E-state index contributed by atoms with van der Waals surface area (Å²) in [5.41, 5.74) is 0.897. The maximum atomic E-state index is 12.9. The lowest BCUT2D eigenvalue weighted by Gasteiger charge is -2.18. The van der Waals surface area contributed by atoms with Crippen LogP contribution in [-0.4, -0.2) is 49.0 Å². The molecule has 1 amide bonds. The normalized spacial score (nSPS) is 17.9. The molecule has 0 saturated heterocycles. The Morgan fingerprint density at radius 2 is 2.21 bits per heavy atom. The van der Waals surface area contributed by atoms with E-state index >= 15 is 0 Å². The molecule has 2 aromatic rings. The fourth-order valence-corrected chi connectivity index (χ4v) is 3.66. The Bertz CT molecular complexity index is 1120. The van der Waals surface area contributed by atoms with Crippen LogP contribution in [0, 0.1) is 6.92 Å². The van der Waals surface area contributed by atoms with Gasteiger partial charge < -0.3 is 14.6 Å². The average molecular weight is 403 g/mol. The van der Waals surface area contributed by atoms with Crippen LogP contribution in [0.15, 0.2) is 37.6 Å². The first-order valence-corrected chi connectivity index (χ1v) is 10.3. The highest BCUT2D eigenvalue weighted by molar-refractivity contribution is 7.84. The summed E-state index contributed by atoms with van der Waals surface area (Å²) in [6, 6.07) is 2.88. The van der Waals surface area contributed by atoms with Gasteiger partial charge in [-0.2, -0.15) is 8.42 Å². The molecule has 0 aliphatic carbocycles. The van der Waals surface area contributed by atoms with Gasteiger partial charge in [-0.3, -0.25) is 9.79 Å². The summed E-state index contributed by atoms with van der Waals surface area (Å²) in [5.74, 6) is 1.22. The highest BCUT2D eigenvalue weighted by atomic mass is 32.2. The number of hydrogen-bond acceptors (Lipinski definition) is 8. The van der Waals surface area contributed by atoms with Crippen LogP contribution in [0.3, 0.4) is 0 Å². The molecular weight excluding hydrogens is 384 g/mol. The van der Waals surface area contributed by atoms with Crippen LogP contribution in [0.1, 0.15) is 35.0 Å². The number of aromatic nitrogens is 1. The molecule has 2 aliphatic rings. The number of amidine groups is 1. The van der Waals surface area contributed by atoms with Gasteiger partial charge in [0.25, 0.3) is 5.91 Å². The number of pyridine rings is 1. The Balaban J connectivity index is 1.67. The number of aliphatic imine (C=N–C) groups is 2. The van der Waals surface area contributed by atoms with E-state index in [0.29, 0.717) is 35.2 Å². The molecule has 11 heteroatoms. The molecule has 0 bridgehead atoms. The van der Waals surface area contributed by atoms with E-state index in [0.717, 1.165) is 12.6 Å². The zero-order chi connectivity index (χ0) is 20.1. The molecule has 1 unspecified atom stereocenters. The fraction of sp³-hybridized carbons (Fsp3) is 0.294. The Morgan fingerprint density at radius 3 is 2.86 bits per heavy atom. The number of hydrogen-bond donors (Lipinski definition) is 2. The number of nitrogens with zero attached hydrogens (tertiary/aromatic N) is 4. The van der Waals surface area contributed by atoms with Crippen molar-refractivity contribution in [2.24, 2.45) is 9.98 Å². The van der Waals surface area contributed by atoms with Crippen molar-refractivity contribution in [2.45, 2.75) is 31.2 Å². The van der Waals surface area contributed by atoms with Gasteiger partial charge in [0.05, 0.1) is 23.4 Å². The molecule has 28 heavy (non-hydrogen) atoms. The second kappa shape index (κ2) is 6.53. The van der Waals surface area contributed by atoms with Gasteiger partial charge in [-0.1, -0.05) is 6.92 Å². The van der Waals surface area contributed by atoms with E-state index in [2.05, 4.69) is 27.4 Å². The second-order valence-electron chi connectivity index (χ2n) is 6.57. The standard InChI is InChI=1S/C17H18N6O4S/c1-3-10-7-23-8-20-17-14(15(23)21-10)13(9(2)27-17)16(24)22-12-5-4-11(6-19-12)28(18,25)26/h4-6,8,10H,3,7H2,1-2H3,(H2,18,25,26)(H,19,22,24)/p+1. The molecule has 0 spiro atoms. The van der Waals surface area contributed by atoms with Gasteiger partial charge >= 0.3 is 10.0 Å². The maximum Gasteiger partial charge on any atom is 0.324 e. The number of carbonyl (C=O) groups excluding carboxylic acids is 1. The van der Waals surface area contributed by atoms with Crippen LogP contribution in [-0.2, 0) is 10.0 Å². The highest BCUT2D eigenvalue weighted by Crippen LogP contribution is 2.35. The minimum absolute atomic E-state index is 0.0294. The van der Waals surface area contributed by atoms with Crippen LogP contribution < -0.4 is 10.5 Å². The predicted octanol–water partition coefficient (Wildman–Crippen LogP) is 0.680. The van der Waals surface area contributed by atoms with E-state index in [9.17, 15) is 13.2 Å². The van der Waals surface area contributed by atoms with Gasteiger partial charge in [0.2, 0.25) is 5.88 Å². The van der Waals surface area contributed by atoms with Crippen LogP contribution in [0.2, 0.25) is 0 Å². The van der Waals surface area contributed by atoms with Gasteiger partial charge in [0.15, 0.2) is 0 Å². The third-order valence-electron chi connectivity index (χ3n) is 4.62. The first kappa shape index (κ1) is 18.3. The molecule has 4 rings (SSSR count). The van der Waals surface area contributed by atoms with Crippen LogP contribution in [0.4, 0.5) is 11.7 Å². The number of nitrogens with one attached hydrogen (secondary N) is 1. The van der Waals surface area contributed by atoms with Crippen molar-refractivity contribution in [3.63, 3.8) is 0 Å². The molecule has 0 aromatic carbocycles. The number of aryl methyl sites for hydroxylation is 1. The van der Waals surface area contributed by atoms with Gasteiger partial charge in [-0.05, 0) is 25.5 Å². The summed E-state index contributed by atoms with van der Waals surface area (Å²) in [6.07, 6.45) is 3.70. The molecular formula is C17H19N6O4S+. The monoisotopic (exact) mass is 403 g/mol. The number of furan rings is 1. The smallest absolute Gasteiger partial charge is 0.324 e. The Hall–Kier alpha value is -3.05. The van der Waals surface area contributed by atoms with Crippen molar-refractivity contribution >= 4 is 39.8 Å². The predicted molar refractivity (Wildman–Crippen MR) is 101 cm³/mol. The van der Waals surface area contributed by atoms with E-state index in [4.69, 9.17) is 9.41 Å². The van der Waals surface area contributed by atoms with Gasteiger partial charge in [-0.15, -0.1) is 0 Å². The van der Waals surface area contributed by atoms with Gasteiger partial charge in [0, 0.05) is 6.54 Å². The maximum absolute atomic E-state index is 12.9. The molecule has 2 aliphatic heterocycles. The lowest BCUT2D eigenvalue weighted by molar-refractivity contribution is -0.165. The SMILES string of the molecule is CCC1CN2C=Nc3oc(C)c(C(=O)Nc4ccc(S([NH3+])(=O)=O)cn4)c3C2=N1. The molecule has 146 valence electrons. The van der Waals surface area contributed by atoms with E-state index in [-0.39, 0.29) is 16.8 Å². The zero-order valence-corrected chi connectivity index (χ0v) is 16.2. The van der Waals surface area contributed by atoms with Crippen LogP contribution in [0.25, 0.3) is 0 Å². The quantitative estimate of drug-likeness (QED) is 0.768. The summed E-state index contributed by atoms with van der Waals surface area (Å²) >= 11 is 0. The summed E-state index contributed by atoms with van der Waals surface area (Å²) in [6.45, 7) is 4.45. The number of anilines is 1. The molecule has 0 saturated carbocycles. The topological polar surface area (TPSA) is 145 Å². The number of amides is 1. The molecule has 2 aromatic heterocycles. The largest absolute Gasteiger partial charge is 0.442 e. The first-order chi connectivity index (χ1) is 13.3. The Kier molecular flexibility index (Phi) is 4.27.